The minimum atomic E-state index is -0.613. The van der Waals surface area contributed by atoms with Gasteiger partial charge >= 0.3 is 5.63 Å². The number of rotatable bonds is 3. The highest BCUT2D eigenvalue weighted by molar-refractivity contribution is 5.95. The van der Waals surface area contributed by atoms with Crippen molar-refractivity contribution in [2.45, 2.75) is 6.42 Å². The Kier molecular flexibility index (Phi) is 4.08. The van der Waals surface area contributed by atoms with E-state index in [9.17, 15) is 14.0 Å². The lowest BCUT2D eigenvalue weighted by Gasteiger charge is -2.08. The van der Waals surface area contributed by atoms with E-state index >= 15 is 0 Å². The highest BCUT2D eigenvalue weighted by Gasteiger charge is 2.12. The van der Waals surface area contributed by atoms with Crippen molar-refractivity contribution in [3.63, 3.8) is 0 Å². The molecule has 0 unspecified atom stereocenters. The third-order valence-electron chi connectivity index (χ3n) is 3.44. The van der Waals surface area contributed by atoms with Crippen LogP contribution < -0.4 is 10.9 Å². The van der Waals surface area contributed by atoms with E-state index in [1.807, 2.05) is 0 Å². The zero-order valence-corrected chi connectivity index (χ0v) is 12.4. The lowest BCUT2D eigenvalue weighted by Crippen LogP contribution is -2.16. The Morgan fingerprint density at radius 3 is 2.75 bits per heavy atom. The van der Waals surface area contributed by atoms with Crippen LogP contribution in [-0.4, -0.2) is 5.91 Å². The first-order valence-corrected chi connectivity index (χ1v) is 7.05. The summed E-state index contributed by atoms with van der Waals surface area (Å²) in [7, 11) is 0. The van der Waals surface area contributed by atoms with Crippen molar-refractivity contribution in [2.75, 3.05) is 5.32 Å². The molecule has 3 rings (SSSR count). The second-order valence-electron chi connectivity index (χ2n) is 5.09. The Morgan fingerprint density at radius 1 is 1.21 bits per heavy atom. The largest absolute Gasteiger partial charge is 0.424 e. The first kappa shape index (κ1) is 15.4. The zero-order chi connectivity index (χ0) is 17.1. The maximum Gasteiger partial charge on any atom is 0.336 e. The van der Waals surface area contributed by atoms with Gasteiger partial charge in [0.15, 0.2) is 5.69 Å². The van der Waals surface area contributed by atoms with Gasteiger partial charge < -0.3 is 9.73 Å². The molecule has 0 saturated heterocycles. The Bertz CT molecular complexity index is 1030. The summed E-state index contributed by atoms with van der Waals surface area (Å²) in [5.74, 6) is -0.994. The van der Waals surface area contributed by atoms with Crippen LogP contribution in [0.5, 0.6) is 0 Å². The Morgan fingerprint density at radius 2 is 2.00 bits per heavy atom. The summed E-state index contributed by atoms with van der Waals surface area (Å²) < 4.78 is 18.7. The van der Waals surface area contributed by atoms with Crippen molar-refractivity contribution < 1.29 is 13.6 Å². The third kappa shape index (κ3) is 3.15. The molecule has 0 saturated carbocycles. The summed E-state index contributed by atoms with van der Waals surface area (Å²) in [6.45, 7) is 6.99. The number of halogens is 1. The van der Waals surface area contributed by atoms with Gasteiger partial charge in [-0.05, 0) is 23.8 Å². The molecule has 0 atom stereocenters. The molecule has 24 heavy (non-hydrogen) atoms. The van der Waals surface area contributed by atoms with Gasteiger partial charge in [0.25, 0.3) is 0 Å². The lowest BCUT2D eigenvalue weighted by atomic mass is 10.1. The summed E-state index contributed by atoms with van der Waals surface area (Å²) in [6, 6.07) is 11.7. The van der Waals surface area contributed by atoms with E-state index < -0.39 is 17.3 Å². The molecular weight excluding hydrogens is 311 g/mol. The van der Waals surface area contributed by atoms with Crippen molar-refractivity contribution in [2.24, 2.45) is 0 Å². The summed E-state index contributed by atoms with van der Waals surface area (Å²) in [5.41, 5.74) is 0.485. The van der Waals surface area contributed by atoms with Crippen LogP contribution >= 0.6 is 0 Å². The summed E-state index contributed by atoms with van der Waals surface area (Å²) in [4.78, 5) is 27.1. The van der Waals surface area contributed by atoms with E-state index in [0.29, 0.717) is 16.6 Å². The number of carbonyl (C=O) groups is 1. The van der Waals surface area contributed by atoms with E-state index in [1.54, 1.807) is 18.2 Å². The minimum Gasteiger partial charge on any atom is -0.424 e. The molecule has 1 heterocycles. The highest BCUT2D eigenvalue weighted by Crippen LogP contribution is 2.23. The second-order valence-corrected chi connectivity index (χ2v) is 5.09. The molecule has 5 nitrogen and oxygen atoms in total. The number of para-hydroxylation sites is 1. The highest BCUT2D eigenvalue weighted by atomic mass is 19.1. The van der Waals surface area contributed by atoms with Gasteiger partial charge in [-0.2, -0.15) is 0 Å². The van der Waals surface area contributed by atoms with E-state index in [2.05, 4.69) is 10.2 Å². The maximum absolute atomic E-state index is 13.6. The molecule has 0 aliphatic rings. The molecule has 0 bridgehead atoms. The van der Waals surface area contributed by atoms with Crippen LogP contribution in [-0.2, 0) is 11.2 Å². The average molecular weight is 322 g/mol. The van der Waals surface area contributed by atoms with Crippen LogP contribution in [0.3, 0.4) is 0 Å². The number of amides is 1. The van der Waals surface area contributed by atoms with Crippen LogP contribution in [0.15, 0.2) is 57.7 Å². The second kappa shape index (κ2) is 6.34. The van der Waals surface area contributed by atoms with Gasteiger partial charge in [-0.1, -0.05) is 24.3 Å². The number of nitrogens with zero attached hydrogens (tertiary/aromatic N) is 1. The Hall–Kier alpha value is -3.46. The van der Waals surface area contributed by atoms with Crippen molar-refractivity contribution in [1.82, 2.24) is 0 Å². The fourth-order valence-corrected chi connectivity index (χ4v) is 2.36. The topological polar surface area (TPSA) is 63.7 Å². The van der Waals surface area contributed by atoms with Crippen LogP contribution in [0.1, 0.15) is 5.56 Å². The van der Waals surface area contributed by atoms with Gasteiger partial charge in [0, 0.05) is 11.5 Å². The number of anilines is 1. The molecule has 0 aliphatic carbocycles. The minimum absolute atomic E-state index is 0.0741. The molecule has 1 amide bonds. The first-order chi connectivity index (χ1) is 11.6. The Balaban J connectivity index is 1.92. The molecule has 3 aromatic rings. The molecule has 0 fully saturated rings. The summed E-state index contributed by atoms with van der Waals surface area (Å²) in [5, 5.41) is 3.03. The fourth-order valence-electron chi connectivity index (χ4n) is 2.36. The molecule has 2 aromatic carbocycles. The van der Waals surface area contributed by atoms with Gasteiger partial charge in [-0.3, -0.25) is 4.79 Å². The molecule has 118 valence electrons. The molecule has 0 aliphatic heterocycles. The van der Waals surface area contributed by atoms with Crippen LogP contribution in [0, 0.1) is 12.4 Å². The normalized spacial score (nSPS) is 10.3. The predicted molar refractivity (Wildman–Crippen MR) is 87.5 cm³/mol. The molecule has 0 spiro atoms. The van der Waals surface area contributed by atoms with Gasteiger partial charge in [-0.25, -0.2) is 14.0 Å². The molecule has 6 heteroatoms. The SMILES string of the molecule is [C-]#[N+]c1ccc2c(CC(=O)Nc3ccccc3F)cc(=O)oc2c1. The van der Waals surface area contributed by atoms with Crippen molar-refractivity contribution in [3.8, 4) is 0 Å². The van der Waals surface area contributed by atoms with Crippen LogP contribution in [0.4, 0.5) is 15.8 Å². The van der Waals surface area contributed by atoms with Crippen molar-refractivity contribution in [1.29, 1.82) is 0 Å². The van der Waals surface area contributed by atoms with E-state index in [4.69, 9.17) is 11.0 Å². The number of hydrogen-bond donors (Lipinski definition) is 1. The molecule has 1 aromatic heterocycles. The number of fused-ring (bicyclic) bond motifs is 1. The smallest absolute Gasteiger partial charge is 0.336 e. The zero-order valence-electron chi connectivity index (χ0n) is 12.4. The molecular formula is C18H11FN2O3. The average Bonchev–Trinajstić information content (AvgIpc) is 2.56. The van der Waals surface area contributed by atoms with Crippen molar-refractivity contribution >= 4 is 28.3 Å². The van der Waals surface area contributed by atoms with Crippen LogP contribution in [0.2, 0.25) is 0 Å². The van der Waals surface area contributed by atoms with Crippen LogP contribution in [0.25, 0.3) is 15.8 Å². The number of benzene rings is 2. The van der Waals surface area contributed by atoms with Gasteiger partial charge in [0.1, 0.15) is 11.4 Å². The fraction of sp³-hybridized carbons (Fsp3) is 0.0556. The quantitative estimate of drug-likeness (QED) is 0.591. The number of carbonyl (C=O) groups excluding carboxylic acids is 1. The standard InChI is InChI=1S/C18H11FN2O3/c1-20-12-6-7-13-11(9-18(23)24-16(13)10-12)8-17(22)21-15-5-3-2-4-14(15)19/h2-7,9-10H,8H2,(H,21,22). The van der Waals surface area contributed by atoms with Crippen molar-refractivity contribution in [3.05, 3.63) is 81.7 Å². The summed E-state index contributed by atoms with van der Waals surface area (Å²) >= 11 is 0. The van der Waals surface area contributed by atoms with Gasteiger partial charge in [-0.15, -0.1) is 0 Å². The van der Waals surface area contributed by atoms with Gasteiger partial charge in [0.2, 0.25) is 5.91 Å². The predicted octanol–water partition coefficient (Wildman–Crippen LogP) is 3.66. The monoisotopic (exact) mass is 322 g/mol. The third-order valence-corrected chi connectivity index (χ3v) is 3.44. The van der Waals surface area contributed by atoms with Gasteiger partial charge in [0.05, 0.1) is 18.7 Å². The Labute approximate surface area is 136 Å². The number of nitrogens with one attached hydrogen (secondary N) is 1. The first-order valence-electron chi connectivity index (χ1n) is 7.05. The number of hydrogen-bond acceptors (Lipinski definition) is 3. The van der Waals surface area contributed by atoms with E-state index in [0.717, 1.165) is 0 Å². The summed E-state index contributed by atoms with van der Waals surface area (Å²) in [6.07, 6.45) is -0.117. The molecule has 0 radical (unpaired) electrons. The lowest BCUT2D eigenvalue weighted by molar-refractivity contribution is -0.115. The maximum atomic E-state index is 13.6. The molecule has 1 N–H and O–H groups in total. The van der Waals surface area contributed by atoms with E-state index in [-0.39, 0.29) is 17.7 Å². The van der Waals surface area contributed by atoms with E-state index in [1.165, 1.54) is 30.3 Å².